The molecule has 0 saturated heterocycles. The third kappa shape index (κ3) is 2.05. The molecule has 0 bridgehead atoms. The highest BCUT2D eigenvalue weighted by Crippen LogP contribution is 2.44. The average molecular weight is 267 g/mol. The van der Waals surface area contributed by atoms with Crippen molar-refractivity contribution >= 4 is 0 Å². The Balaban J connectivity index is 1.76. The van der Waals surface area contributed by atoms with Gasteiger partial charge >= 0.3 is 0 Å². The van der Waals surface area contributed by atoms with E-state index in [0.717, 1.165) is 12.1 Å². The van der Waals surface area contributed by atoms with Gasteiger partial charge in [0.25, 0.3) is 0 Å². The Hall–Kier alpha value is -1.64. The summed E-state index contributed by atoms with van der Waals surface area (Å²) in [6, 6.07) is 7.00. The molecular weight excluding hydrogens is 246 g/mol. The fraction of sp³-hybridized carbons (Fsp3) is 0.529. The van der Waals surface area contributed by atoms with E-state index < -0.39 is 0 Å². The van der Waals surface area contributed by atoms with Gasteiger partial charge in [-0.15, -0.1) is 0 Å². The fourth-order valence-corrected chi connectivity index (χ4v) is 2.93. The highest BCUT2D eigenvalue weighted by atomic mass is 15.3. The largest absolute Gasteiger partial charge is 0.269 e. The van der Waals surface area contributed by atoms with Gasteiger partial charge in [-0.25, -0.2) is 0 Å². The van der Waals surface area contributed by atoms with Crippen LogP contribution in [0.5, 0.6) is 0 Å². The number of aryl methyl sites for hydroxylation is 1. The molecule has 0 amide bonds. The van der Waals surface area contributed by atoms with Crippen molar-refractivity contribution in [2.45, 2.75) is 57.4 Å². The van der Waals surface area contributed by atoms with Crippen molar-refractivity contribution in [3.8, 4) is 11.3 Å². The Morgan fingerprint density at radius 3 is 2.70 bits per heavy atom. The lowest BCUT2D eigenvalue weighted by Gasteiger charge is -2.25. The third-order valence-electron chi connectivity index (χ3n) is 4.62. The van der Waals surface area contributed by atoms with Crippen LogP contribution in [-0.4, -0.2) is 14.8 Å². The van der Waals surface area contributed by atoms with E-state index in [4.69, 9.17) is 10.1 Å². The summed E-state index contributed by atoms with van der Waals surface area (Å²) >= 11 is 0. The molecule has 2 fully saturated rings. The molecule has 0 atom stereocenters. The molecule has 0 spiro atoms. The first kappa shape index (κ1) is 12.1. The van der Waals surface area contributed by atoms with Gasteiger partial charge in [0.2, 0.25) is 0 Å². The highest BCUT2D eigenvalue weighted by molar-refractivity contribution is 5.62. The van der Waals surface area contributed by atoms with Gasteiger partial charge in [0, 0.05) is 23.4 Å². The maximum Gasteiger partial charge on any atom is 0.0749 e. The molecule has 2 aromatic heterocycles. The molecule has 2 aromatic rings. The summed E-state index contributed by atoms with van der Waals surface area (Å²) in [6.07, 6.45) is 9.75. The summed E-state index contributed by atoms with van der Waals surface area (Å²) in [5.41, 5.74) is 4.84. The standard InChI is InChI=1S/C17H21N3/c1-2-13-5-3-8-16(18-13)15-11-20(14-6-4-7-14)19-17(15)12-9-10-12/h3,5,8,11-12,14H,2,4,6-7,9-10H2,1H3. The fourth-order valence-electron chi connectivity index (χ4n) is 2.93. The summed E-state index contributed by atoms with van der Waals surface area (Å²) in [5, 5.41) is 4.90. The summed E-state index contributed by atoms with van der Waals surface area (Å²) in [6.45, 7) is 2.16. The Morgan fingerprint density at radius 1 is 1.20 bits per heavy atom. The van der Waals surface area contributed by atoms with Crippen molar-refractivity contribution in [2.75, 3.05) is 0 Å². The first-order valence-electron chi connectivity index (χ1n) is 7.90. The van der Waals surface area contributed by atoms with Crippen LogP contribution in [0.3, 0.4) is 0 Å². The van der Waals surface area contributed by atoms with Crippen molar-refractivity contribution in [2.24, 2.45) is 0 Å². The predicted molar refractivity (Wildman–Crippen MR) is 79.7 cm³/mol. The second-order valence-corrected chi connectivity index (χ2v) is 6.13. The van der Waals surface area contributed by atoms with E-state index in [2.05, 4.69) is 36.0 Å². The van der Waals surface area contributed by atoms with Crippen LogP contribution in [0.25, 0.3) is 11.3 Å². The summed E-state index contributed by atoms with van der Waals surface area (Å²) in [5.74, 6) is 0.679. The van der Waals surface area contributed by atoms with Gasteiger partial charge in [-0.2, -0.15) is 5.10 Å². The highest BCUT2D eigenvalue weighted by Gasteiger charge is 2.31. The molecule has 0 aromatic carbocycles. The smallest absolute Gasteiger partial charge is 0.0749 e. The molecule has 20 heavy (non-hydrogen) atoms. The third-order valence-corrected chi connectivity index (χ3v) is 4.62. The van der Waals surface area contributed by atoms with Crippen molar-refractivity contribution in [3.63, 3.8) is 0 Å². The van der Waals surface area contributed by atoms with Crippen molar-refractivity contribution in [1.82, 2.24) is 14.8 Å². The molecule has 2 aliphatic carbocycles. The number of hydrogen-bond acceptors (Lipinski definition) is 2. The Morgan fingerprint density at radius 2 is 2.05 bits per heavy atom. The zero-order valence-corrected chi connectivity index (χ0v) is 12.0. The first-order valence-corrected chi connectivity index (χ1v) is 7.90. The number of hydrogen-bond donors (Lipinski definition) is 0. The summed E-state index contributed by atoms with van der Waals surface area (Å²) in [4.78, 5) is 4.80. The Labute approximate surface area is 120 Å². The molecule has 104 valence electrons. The van der Waals surface area contributed by atoms with Crippen LogP contribution >= 0.6 is 0 Å². The zero-order valence-electron chi connectivity index (χ0n) is 12.0. The molecule has 3 heteroatoms. The first-order chi connectivity index (χ1) is 9.85. The summed E-state index contributed by atoms with van der Waals surface area (Å²) in [7, 11) is 0. The second kappa shape index (κ2) is 4.72. The minimum Gasteiger partial charge on any atom is -0.269 e. The van der Waals surface area contributed by atoms with Gasteiger partial charge in [0.15, 0.2) is 0 Å². The van der Waals surface area contributed by atoms with Crippen LogP contribution in [0, 0.1) is 0 Å². The number of nitrogens with zero attached hydrogens (tertiary/aromatic N) is 3. The molecule has 2 heterocycles. The molecule has 4 rings (SSSR count). The van der Waals surface area contributed by atoms with E-state index in [1.165, 1.54) is 49.1 Å². The second-order valence-electron chi connectivity index (χ2n) is 6.13. The minimum atomic E-state index is 0.635. The monoisotopic (exact) mass is 267 g/mol. The molecule has 0 unspecified atom stereocenters. The molecule has 0 N–H and O–H groups in total. The van der Waals surface area contributed by atoms with Crippen LogP contribution in [0.4, 0.5) is 0 Å². The minimum absolute atomic E-state index is 0.635. The molecule has 0 aliphatic heterocycles. The van der Waals surface area contributed by atoms with Crippen LogP contribution in [0.2, 0.25) is 0 Å². The summed E-state index contributed by atoms with van der Waals surface area (Å²) < 4.78 is 2.22. The maximum absolute atomic E-state index is 4.90. The van der Waals surface area contributed by atoms with E-state index in [1.807, 2.05) is 0 Å². The lowest BCUT2D eigenvalue weighted by molar-refractivity contribution is 0.288. The van der Waals surface area contributed by atoms with Gasteiger partial charge < -0.3 is 0 Å². The van der Waals surface area contributed by atoms with E-state index in [9.17, 15) is 0 Å². The van der Waals surface area contributed by atoms with E-state index >= 15 is 0 Å². The van der Waals surface area contributed by atoms with Crippen molar-refractivity contribution in [1.29, 1.82) is 0 Å². The maximum atomic E-state index is 4.90. The van der Waals surface area contributed by atoms with Gasteiger partial charge in [-0.1, -0.05) is 13.0 Å². The normalized spacial score (nSPS) is 19.1. The van der Waals surface area contributed by atoms with Crippen LogP contribution in [-0.2, 0) is 6.42 Å². The van der Waals surface area contributed by atoms with E-state index in [1.54, 1.807) is 0 Å². The van der Waals surface area contributed by atoms with E-state index in [-0.39, 0.29) is 0 Å². The molecule has 3 nitrogen and oxygen atoms in total. The number of rotatable bonds is 4. The van der Waals surface area contributed by atoms with E-state index in [0.29, 0.717) is 12.0 Å². The zero-order chi connectivity index (χ0) is 13.5. The van der Waals surface area contributed by atoms with Gasteiger partial charge in [-0.05, 0) is 50.7 Å². The van der Waals surface area contributed by atoms with Gasteiger partial charge in [0.05, 0.1) is 17.4 Å². The van der Waals surface area contributed by atoms with Crippen LogP contribution in [0.15, 0.2) is 24.4 Å². The van der Waals surface area contributed by atoms with Gasteiger partial charge in [-0.3, -0.25) is 9.67 Å². The molecule has 2 saturated carbocycles. The Bertz CT molecular complexity index is 621. The topological polar surface area (TPSA) is 30.7 Å². The average Bonchev–Trinajstić information content (AvgIpc) is 3.18. The van der Waals surface area contributed by atoms with Crippen LogP contribution in [0.1, 0.15) is 62.4 Å². The Kier molecular flexibility index (Phi) is 2.86. The van der Waals surface area contributed by atoms with Crippen LogP contribution < -0.4 is 0 Å². The molecule has 0 radical (unpaired) electrons. The van der Waals surface area contributed by atoms with Gasteiger partial charge in [0.1, 0.15) is 0 Å². The number of pyridine rings is 1. The predicted octanol–water partition coefficient (Wildman–Crippen LogP) is 4.11. The lowest BCUT2D eigenvalue weighted by Crippen LogP contribution is -2.17. The SMILES string of the molecule is CCc1cccc(-c2cn(C3CCC3)nc2C2CC2)n1. The van der Waals surface area contributed by atoms with Crippen molar-refractivity contribution < 1.29 is 0 Å². The number of aromatic nitrogens is 3. The quantitative estimate of drug-likeness (QED) is 0.834. The lowest BCUT2D eigenvalue weighted by atomic mass is 9.93. The molecule has 2 aliphatic rings. The van der Waals surface area contributed by atoms with Crippen molar-refractivity contribution in [3.05, 3.63) is 35.8 Å². The molecular formula is C17H21N3.